The predicted octanol–water partition coefficient (Wildman–Crippen LogP) is 0.0354. The summed E-state index contributed by atoms with van der Waals surface area (Å²) in [7, 11) is 3.88. The van der Waals surface area contributed by atoms with Crippen LogP contribution in [-0.2, 0) is 14.3 Å². The predicted molar refractivity (Wildman–Crippen MR) is 77.0 cm³/mol. The summed E-state index contributed by atoms with van der Waals surface area (Å²) in [6.45, 7) is 2.10. The topological polar surface area (TPSA) is 108 Å². The highest BCUT2D eigenvalue weighted by molar-refractivity contribution is 5.94. The maximum Gasteiger partial charge on any atom is 0.321 e. The van der Waals surface area contributed by atoms with Gasteiger partial charge in [0.15, 0.2) is 0 Å². The van der Waals surface area contributed by atoms with Gasteiger partial charge in [0.25, 0.3) is 0 Å². The van der Waals surface area contributed by atoms with E-state index in [1.165, 1.54) is 0 Å². The van der Waals surface area contributed by atoms with Crippen LogP contribution in [0.25, 0.3) is 0 Å². The number of urea groups is 1. The first-order valence-corrected chi connectivity index (χ1v) is 6.93. The number of hydrogen-bond acceptors (Lipinski definition) is 5. The van der Waals surface area contributed by atoms with E-state index in [2.05, 4.69) is 10.6 Å². The third-order valence-corrected chi connectivity index (χ3v) is 2.51. The van der Waals surface area contributed by atoms with Gasteiger partial charge in [-0.15, -0.1) is 0 Å². The average molecular weight is 303 g/mol. The highest BCUT2D eigenvalue weighted by atomic mass is 16.5. The van der Waals surface area contributed by atoms with Crippen LogP contribution in [0.15, 0.2) is 0 Å². The molecular weight excluding hydrogens is 278 g/mol. The van der Waals surface area contributed by atoms with Gasteiger partial charge in [-0.2, -0.15) is 0 Å². The third-order valence-electron chi connectivity index (χ3n) is 2.51. The second kappa shape index (κ2) is 12.1. The minimum atomic E-state index is -0.887. The molecule has 0 fully saturated rings. The minimum Gasteiger partial charge on any atom is -0.481 e. The van der Waals surface area contributed by atoms with Crippen molar-refractivity contribution in [2.45, 2.75) is 25.7 Å². The molecule has 0 spiro atoms. The number of aliphatic carboxylic acids is 1. The Hall–Kier alpha value is -1.67. The third kappa shape index (κ3) is 14.5. The summed E-state index contributed by atoms with van der Waals surface area (Å²) < 4.78 is 5.28. The molecule has 0 aliphatic rings. The van der Waals surface area contributed by atoms with Gasteiger partial charge < -0.3 is 20.1 Å². The summed E-state index contributed by atoms with van der Waals surface area (Å²) in [5.41, 5.74) is 0. The van der Waals surface area contributed by atoms with Crippen molar-refractivity contribution < 1.29 is 24.2 Å². The molecule has 21 heavy (non-hydrogen) atoms. The second-order valence-electron chi connectivity index (χ2n) is 4.82. The number of rotatable bonds is 11. The Morgan fingerprint density at radius 2 is 1.76 bits per heavy atom. The molecule has 0 aliphatic carbocycles. The number of hydrogen-bond donors (Lipinski definition) is 3. The Morgan fingerprint density at radius 3 is 2.38 bits per heavy atom. The lowest BCUT2D eigenvalue weighted by atomic mass is 10.2. The van der Waals surface area contributed by atoms with Crippen LogP contribution >= 0.6 is 0 Å². The lowest BCUT2D eigenvalue weighted by Crippen LogP contribution is -2.40. The van der Waals surface area contributed by atoms with Crippen molar-refractivity contribution >= 4 is 17.9 Å². The molecule has 3 amide bonds. The maximum atomic E-state index is 11.4. The van der Waals surface area contributed by atoms with Crippen LogP contribution in [0, 0.1) is 0 Å². The van der Waals surface area contributed by atoms with E-state index in [0.29, 0.717) is 32.6 Å². The van der Waals surface area contributed by atoms with Crippen LogP contribution in [0.2, 0.25) is 0 Å². The Morgan fingerprint density at radius 1 is 1.10 bits per heavy atom. The number of nitrogens with zero attached hydrogens (tertiary/aromatic N) is 1. The van der Waals surface area contributed by atoms with Crippen molar-refractivity contribution in [2.75, 3.05) is 40.4 Å². The molecule has 0 heterocycles. The first-order chi connectivity index (χ1) is 9.91. The zero-order valence-corrected chi connectivity index (χ0v) is 12.7. The van der Waals surface area contributed by atoms with E-state index in [4.69, 9.17) is 9.84 Å². The van der Waals surface area contributed by atoms with Gasteiger partial charge in [-0.3, -0.25) is 14.9 Å². The molecule has 8 nitrogen and oxygen atoms in total. The van der Waals surface area contributed by atoms with Gasteiger partial charge in [-0.05, 0) is 26.9 Å². The van der Waals surface area contributed by atoms with E-state index in [1.807, 2.05) is 19.0 Å². The van der Waals surface area contributed by atoms with E-state index in [9.17, 15) is 14.4 Å². The molecule has 3 N–H and O–H groups in total. The van der Waals surface area contributed by atoms with E-state index >= 15 is 0 Å². The fraction of sp³-hybridized carbons (Fsp3) is 0.769. The number of carboxylic acids is 1. The number of nitrogens with one attached hydrogen (secondary N) is 2. The summed E-state index contributed by atoms with van der Waals surface area (Å²) >= 11 is 0. The number of ether oxygens (including phenoxy) is 1. The molecule has 0 rings (SSSR count). The molecule has 0 saturated heterocycles. The lowest BCUT2D eigenvalue weighted by molar-refractivity contribution is -0.137. The van der Waals surface area contributed by atoms with Crippen LogP contribution in [0.4, 0.5) is 4.79 Å². The van der Waals surface area contributed by atoms with E-state index < -0.39 is 17.9 Å². The van der Waals surface area contributed by atoms with Gasteiger partial charge in [0.2, 0.25) is 5.91 Å². The number of unbranched alkanes of at least 4 members (excludes halogenated alkanes) is 1. The number of carbonyl (C=O) groups is 3. The smallest absolute Gasteiger partial charge is 0.321 e. The quantitative estimate of drug-likeness (QED) is 0.465. The van der Waals surface area contributed by atoms with Crippen LogP contribution in [0.1, 0.15) is 25.7 Å². The first kappa shape index (κ1) is 19.3. The Balaban J connectivity index is 3.47. The van der Waals surface area contributed by atoms with E-state index in [0.717, 1.165) is 6.54 Å². The number of imide groups is 1. The molecule has 0 saturated carbocycles. The average Bonchev–Trinajstić information content (AvgIpc) is 2.38. The van der Waals surface area contributed by atoms with Crippen LogP contribution in [0.5, 0.6) is 0 Å². The molecule has 0 atom stereocenters. The largest absolute Gasteiger partial charge is 0.481 e. The minimum absolute atomic E-state index is 0.0315. The zero-order valence-electron chi connectivity index (χ0n) is 12.7. The summed E-state index contributed by atoms with van der Waals surface area (Å²) in [5, 5.41) is 13.1. The van der Waals surface area contributed by atoms with Crippen molar-refractivity contribution in [3.05, 3.63) is 0 Å². The van der Waals surface area contributed by atoms with E-state index in [-0.39, 0.29) is 12.8 Å². The van der Waals surface area contributed by atoms with Crippen molar-refractivity contribution in [1.82, 2.24) is 15.5 Å². The number of carbonyl (C=O) groups excluding carboxylic acids is 2. The van der Waals surface area contributed by atoms with Gasteiger partial charge in [0, 0.05) is 25.9 Å². The zero-order chi connectivity index (χ0) is 16.1. The lowest BCUT2D eigenvalue weighted by Gasteiger charge is -2.10. The molecular formula is C13H25N3O5. The van der Waals surface area contributed by atoms with Crippen LogP contribution in [-0.4, -0.2) is 68.3 Å². The molecule has 0 aromatic carbocycles. The highest BCUT2D eigenvalue weighted by Crippen LogP contribution is 1.99. The molecule has 0 bridgehead atoms. The Labute approximate surface area is 124 Å². The highest BCUT2D eigenvalue weighted by Gasteiger charge is 2.07. The molecule has 122 valence electrons. The molecule has 0 unspecified atom stereocenters. The second-order valence-corrected chi connectivity index (χ2v) is 4.82. The Kier molecular flexibility index (Phi) is 11.1. The monoisotopic (exact) mass is 303 g/mol. The molecule has 0 aromatic rings. The van der Waals surface area contributed by atoms with Gasteiger partial charge in [0.1, 0.15) is 0 Å². The SMILES string of the molecule is CN(C)CCOCCNC(=O)NC(=O)CCCCC(=O)O. The summed E-state index contributed by atoms with van der Waals surface area (Å²) in [6.07, 6.45) is 1.03. The molecule has 0 radical (unpaired) electrons. The van der Waals surface area contributed by atoms with Crippen molar-refractivity contribution in [3.63, 3.8) is 0 Å². The summed E-state index contributed by atoms with van der Waals surface area (Å²) in [4.78, 5) is 34.9. The number of carboxylic acid groups (broad SMARTS) is 1. The fourth-order valence-electron chi connectivity index (χ4n) is 1.38. The van der Waals surface area contributed by atoms with Gasteiger partial charge in [0.05, 0.1) is 13.2 Å². The Bertz CT molecular complexity index is 334. The van der Waals surface area contributed by atoms with Gasteiger partial charge in [-0.1, -0.05) is 0 Å². The maximum absolute atomic E-state index is 11.4. The summed E-state index contributed by atoms with van der Waals surface area (Å²) in [6, 6.07) is -0.561. The number of amides is 3. The number of likely N-dealkylation sites (N-methyl/N-ethyl adjacent to an activating group) is 1. The van der Waals surface area contributed by atoms with Crippen molar-refractivity contribution in [2.24, 2.45) is 0 Å². The molecule has 0 aromatic heterocycles. The van der Waals surface area contributed by atoms with Gasteiger partial charge >= 0.3 is 12.0 Å². The fourth-order valence-corrected chi connectivity index (χ4v) is 1.38. The summed E-state index contributed by atoms with van der Waals surface area (Å²) in [5.74, 6) is -1.30. The molecule has 8 heteroatoms. The van der Waals surface area contributed by atoms with Crippen molar-refractivity contribution in [3.8, 4) is 0 Å². The standard InChI is InChI=1S/C13H25N3O5/c1-16(2)8-10-21-9-7-14-13(20)15-11(17)5-3-4-6-12(18)19/h3-10H2,1-2H3,(H,18,19)(H2,14,15,17,20). The van der Waals surface area contributed by atoms with E-state index in [1.54, 1.807) is 0 Å². The molecule has 0 aliphatic heterocycles. The van der Waals surface area contributed by atoms with Crippen LogP contribution < -0.4 is 10.6 Å². The van der Waals surface area contributed by atoms with Crippen molar-refractivity contribution in [1.29, 1.82) is 0 Å². The van der Waals surface area contributed by atoms with Gasteiger partial charge in [-0.25, -0.2) is 4.79 Å². The normalized spacial score (nSPS) is 10.4. The van der Waals surface area contributed by atoms with Crippen LogP contribution in [0.3, 0.4) is 0 Å². The first-order valence-electron chi connectivity index (χ1n) is 6.93.